The molecular weight excluding hydrogens is 146 g/mol. The van der Waals surface area contributed by atoms with Crippen LogP contribution in [0.3, 0.4) is 0 Å². The molecule has 64 valence electrons. The third kappa shape index (κ3) is 1.61. The number of aliphatic hydroxyl groups excluding tert-OH is 1. The molecule has 0 spiro atoms. The molecule has 1 aliphatic rings. The number of aliphatic hydroxyl groups is 1. The Hall–Kier alpha value is -0.810. The van der Waals surface area contributed by atoms with Gasteiger partial charge < -0.3 is 21.1 Å². The first kappa shape index (κ1) is 8.29. The molecule has 1 heterocycles. The van der Waals surface area contributed by atoms with Gasteiger partial charge in [-0.25, -0.2) is 4.79 Å². The van der Waals surface area contributed by atoms with Gasteiger partial charge in [0.15, 0.2) is 0 Å². The second kappa shape index (κ2) is 3.06. The van der Waals surface area contributed by atoms with Gasteiger partial charge in [0, 0.05) is 20.1 Å². The first-order valence-electron chi connectivity index (χ1n) is 3.54. The number of primary amides is 1. The fourth-order valence-electron chi connectivity index (χ4n) is 1.21. The van der Waals surface area contributed by atoms with Crippen molar-refractivity contribution in [2.45, 2.75) is 12.1 Å². The minimum absolute atomic E-state index is 0.174. The van der Waals surface area contributed by atoms with Gasteiger partial charge in [0.05, 0.1) is 12.1 Å². The summed E-state index contributed by atoms with van der Waals surface area (Å²) in [7, 11) is 1.59. The number of nitrogens with zero attached hydrogens (tertiary/aromatic N) is 1. The van der Waals surface area contributed by atoms with E-state index < -0.39 is 12.1 Å². The molecule has 2 atom stereocenters. The van der Waals surface area contributed by atoms with Crippen LogP contribution in [-0.2, 0) is 0 Å². The van der Waals surface area contributed by atoms with Gasteiger partial charge in [-0.1, -0.05) is 0 Å². The average molecular weight is 159 g/mol. The van der Waals surface area contributed by atoms with E-state index in [9.17, 15) is 9.90 Å². The molecule has 5 heteroatoms. The quantitative estimate of drug-likeness (QED) is 0.428. The van der Waals surface area contributed by atoms with Crippen LogP contribution in [0.1, 0.15) is 0 Å². The molecule has 0 aliphatic carbocycles. The molecule has 1 saturated heterocycles. The first-order valence-corrected chi connectivity index (χ1v) is 3.54. The van der Waals surface area contributed by atoms with Crippen molar-refractivity contribution < 1.29 is 9.90 Å². The lowest BCUT2D eigenvalue weighted by Crippen LogP contribution is -2.46. The molecule has 2 amide bonds. The monoisotopic (exact) mass is 159 g/mol. The van der Waals surface area contributed by atoms with E-state index in [-0.39, 0.29) is 6.04 Å². The van der Waals surface area contributed by atoms with E-state index in [1.54, 1.807) is 7.05 Å². The summed E-state index contributed by atoms with van der Waals surface area (Å²) < 4.78 is 0. The lowest BCUT2D eigenvalue weighted by molar-refractivity contribution is 0.113. The Kier molecular flexibility index (Phi) is 2.31. The molecule has 1 fully saturated rings. The summed E-state index contributed by atoms with van der Waals surface area (Å²) in [5.41, 5.74) is 5.03. The van der Waals surface area contributed by atoms with Gasteiger partial charge in [-0.15, -0.1) is 0 Å². The third-order valence-corrected chi connectivity index (χ3v) is 2.00. The molecule has 5 nitrogen and oxygen atoms in total. The minimum Gasteiger partial charge on any atom is -0.390 e. The topological polar surface area (TPSA) is 78.6 Å². The van der Waals surface area contributed by atoms with Gasteiger partial charge in [0.1, 0.15) is 0 Å². The SMILES string of the molecule is CN(C(N)=O)[C@@H]1CNC[C@H]1O. The summed E-state index contributed by atoms with van der Waals surface area (Å²) in [4.78, 5) is 12.0. The molecule has 0 saturated carbocycles. The van der Waals surface area contributed by atoms with E-state index in [1.165, 1.54) is 4.90 Å². The van der Waals surface area contributed by atoms with Crippen molar-refractivity contribution >= 4 is 6.03 Å². The number of carbonyl (C=O) groups is 1. The van der Waals surface area contributed by atoms with Crippen molar-refractivity contribution in [2.75, 3.05) is 20.1 Å². The number of hydrogen-bond donors (Lipinski definition) is 3. The molecule has 0 radical (unpaired) electrons. The van der Waals surface area contributed by atoms with Crippen molar-refractivity contribution in [1.82, 2.24) is 10.2 Å². The van der Waals surface area contributed by atoms with E-state index in [2.05, 4.69) is 5.32 Å². The van der Waals surface area contributed by atoms with Crippen LogP contribution >= 0.6 is 0 Å². The van der Waals surface area contributed by atoms with E-state index in [0.29, 0.717) is 13.1 Å². The smallest absolute Gasteiger partial charge is 0.314 e. The fraction of sp³-hybridized carbons (Fsp3) is 0.833. The highest BCUT2D eigenvalue weighted by molar-refractivity contribution is 5.72. The lowest BCUT2D eigenvalue weighted by atomic mass is 10.2. The van der Waals surface area contributed by atoms with Crippen LogP contribution in [0.15, 0.2) is 0 Å². The number of rotatable bonds is 1. The maximum Gasteiger partial charge on any atom is 0.314 e. The van der Waals surface area contributed by atoms with Gasteiger partial charge in [0.2, 0.25) is 0 Å². The summed E-state index contributed by atoms with van der Waals surface area (Å²) in [6, 6.07) is -0.676. The highest BCUT2D eigenvalue weighted by Gasteiger charge is 2.29. The van der Waals surface area contributed by atoms with Gasteiger partial charge in [-0.3, -0.25) is 0 Å². The minimum atomic E-state index is -0.502. The number of urea groups is 1. The van der Waals surface area contributed by atoms with Crippen LogP contribution in [0.5, 0.6) is 0 Å². The van der Waals surface area contributed by atoms with Crippen LogP contribution in [0.4, 0.5) is 4.79 Å². The standard InChI is InChI=1S/C6H13N3O2/c1-9(6(7)11)4-2-8-3-5(4)10/h4-5,8,10H,2-3H2,1H3,(H2,7,11)/t4-,5-/m1/s1. The van der Waals surface area contributed by atoms with E-state index in [0.717, 1.165) is 0 Å². The van der Waals surface area contributed by atoms with Gasteiger partial charge in [-0.05, 0) is 0 Å². The zero-order valence-electron chi connectivity index (χ0n) is 6.45. The van der Waals surface area contributed by atoms with Gasteiger partial charge in [0.25, 0.3) is 0 Å². The predicted octanol–water partition coefficient (Wildman–Crippen LogP) is -1.67. The predicted molar refractivity (Wildman–Crippen MR) is 40.0 cm³/mol. The molecule has 0 aromatic carbocycles. The molecule has 0 aromatic rings. The van der Waals surface area contributed by atoms with Crippen LogP contribution in [-0.4, -0.2) is 48.3 Å². The Morgan fingerprint density at radius 1 is 1.73 bits per heavy atom. The summed E-state index contributed by atoms with van der Waals surface area (Å²) in [5, 5.41) is 12.3. The Morgan fingerprint density at radius 2 is 2.36 bits per heavy atom. The number of likely N-dealkylation sites (N-methyl/N-ethyl adjacent to an activating group) is 1. The average Bonchev–Trinajstić information content (AvgIpc) is 2.33. The van der Waals surface area contributed by atoms with E-state index in [1.807, 2.05) is 0 Å². The Morgan fingerprint density at radius 3 is 2.73 bits per heavy atom. The molecule has 0 bridgehead atoms. The second-order valence-electron chi connectivity index (χ2n) is 2.74. The second-order valence-corrected chi connectivity index (χ2v) is 2.74. The van der Waals surface area contributed by atoms with Crippen LogP contribution in [0, 0.1) is 0 Å². The number of nitrogens with two attached hydrogens (primary N) is 1. The first-order chi connectivity index (χ1) is 5.13. The lowest BCUT2D eigenvalue weighted by Gasteiger charge is -2.24. The Bertz CT molecular complexity index is 162. The maximum absolute atomic E-state index is 10.6. The number of amides is 2. The van der Waals surface area contributed by atoms with Crippen molar-refractivity contribution in [3.8, 4) is 0 Å². The van der Waals surface area contributed by atoms with Crippen molar-refractivity contribution in [3.05, 3.63) is 0 Å². The van der Waals surface area contributed by atoms with Crippen molar-refractivity contribution in [3.63, 3.8) is 0 Å². The van der Waals surface area contributed by atoms with E-state index >= 15 is 0 Å². The molecular formula is C6H13N3O2. The summed E-state index contributed by atoms with van der Waals surface area (Å²) in [5.74, 6) is 0. The maximum atomic E-state index is 10.6. The van der Waals surface area contributed by atoms with Crippen molar-refractivity contribution in [2.24, 2.45) is 5.73 Å². The highest BCUT2D eigenvalue weighted by atomic mass is 16.3. The molecule has 4 N–H and O–H groups in total. The fourth-order valence-corrected chi connectivity index (χ4v) is 1.21. The largest absolute Gasteiger partial charge is 0.390 e. The number of β-amino-alcohol motifs (C(OH)–C–C–N with tert-alkyl or cyclic N) is 1. The highest BCUT2D eigenvalue weighted by Crippen LogP contribution is 2.06. The van der Waals surface area contributed by atoms with E-state index in [4.69, 9.17) is 5.73 Å². The van der Waals surface area contributed by atoms with Crippen molar-refractivity contribution in [1.29, 1.82) is 0 Å². The molecule has 1 rings (SSSR count). The summed E-state index contributed by atoms with van der Waals surface area (Å²) in [6.45, 7) is 1.14. The van der Waals surface area contributed by atoms with Gasteiger partial charge in [-0.2, -0.15) is 0 Å². The Balaban J connectivity index is 2.52. The number of carbonyl (C=O) groups excluding carboxylic acids is 1. The number of hydrogen-bond acceptors (Lipinski definition) is 3. The van der Waals surface area contributed by atoms with Crippen LogP contribution < -0.4 is 11.1 Å². The molecule has 1 aliphatic heterocycles. The third-order valence-electron chi connectivity index (χ3n) is 2.00. The normalized spacial score (nSPS) is 30.4. The molecule has 11 heavy (non-hydrogen) atoms. The summed E-state index contributed by atoms with van der Waals surface area (Å²) in [6.07, 6.45) is -0.493. The Labute approximate surface area is 65.2 Å². The van der Waals surface area contributed by atoms with Crippen LogP contribution in [0.25, 0.3) is 0 Å². The molecule has 0 aromatic heterocycles. The zero-order valence-corrected chi connectivity index (χ0v) is 6.45. The van der Waals surface area contributed by atoms with Gasteiger partial charge >= 0.3 is 6.03 Å². The number of nitrogens with one attached hydrogen (secondary N) is 1. The zero-order chi connectivity index (χ0) is 8.43. The summed E-state index contributed by atoms with van der Waals surface area (Å²) >= 11 is 0. The van der Waals surface area contributed by atoms with Crippen LogP contribution in [0.2, 0.25) is 0 Å². The molecule has 0 unspecified atom stereocenters.